The van der Waals surface area contributed by atoms with E-state index in [-0.39, 0.29) is 5.91 Å². The molecular formula is C17H16N4O. The van der Waals surface area contributed by atoms with Crippen LogP contribution in [0.1, 0.15) is 22.8 Å². The molecule has 0 bridgehead atoms. The molecule has 0 radical (unpaired) electrons. The Balaban J connectivity index is 1.74. The molecule has 0 fully saturated rings. The lowest BCUT2D eigenvalue weighted by atomic mass is 10.1. The van der Waals surface area contributed by atoms with Crippen LogP contribution in [-0.4, -0.2) is 20.7 Å². The molecule has 0 aliphatic rings. The molecular weight excluding hydrogens is 276 g/mol. The number of aromatic nitrogens is 3. The van der Waals surface area contributed by atoms with Crippen LogP contribution >= 0.6 is 0 Å². The van der Waals surface area contributed by atoms with E-state index in [1.54, 1.807) is 23.1 Å². The molecule has 3 rings (SSSR count). The first-order chi connectivity index (χ1) is 10.8. The summed E-state index contributed by atoms with van der Waals surface area (Å²) < 4.78 is 1.65. The van der Waals surface area contributed by atoms with E-state index in [0.29, 0.717) is 5.56 Å². The molecule has 0 unspecified atom stereocenters. The molecule has 0 spiro atoms. The average Bonchev–Trinajstić information content (AvgIpc) is 3.09. The van der Waals surface area contributed by atoms with Gasteiger partial charge in [-0.15, -0.1) is 0 Å². The van der Waals surface area contributed by atoms with E-state index < -0.39 is 0 Å². The van der Waals surface area contributed by atoms with E-state index in [9.17, 15) is 4.79 Å². The van der Waals surface area contributed by atoms with Crippen molar-refractivity contribution in [3.8, 4) is 5.69 Å². The standard InChI is InChI=1S/C17H16N4O/c1-2-13-4-3-5-15(10-13)20-17(22)14-6-8-16(9-7-14)21-12-18-11-19-21/h3-12H,2H2,1H3,(H,20,22). The maximum atomic E-state index is 12.3. The lowest BCUT2D eigenvalue weighted by molar-refractivity contribution is 0.102. The molecule has 1 amide bonds. The molecule has 0 saturated carbocycles. The fourth-order valence-electron chi connectivity index (χ4n) is 2.18. The van der Waals surface area contributed by atoms with E-state index in [2.05, 4.69) is 22.3 Å². The summed E-state index contributed by atoms with van der Waals surface area (Å²) in [4.78, 5) is 16.2. The van der Waals surface area contributed by atoms with E-state index >= 15 is 0 Å². The van der Waals surface area contributed by atoms with E-state index in [4.69, 9.17) is 0 Å². The third-order valence-electron chi connectivity index (χ3n) is 3.41. The predicted molar refractivity (Wildman–Crippen MR) is 85.1 cm³/mol. The number of amides is 1. The Morgan fingerprint density at radius 1 is 1.18 bits per heavy atom. The Labute approximate surface area is 128 Å². The highest BCUT2D eigenvalue weighted by molar-refractivity contribution is 6.04. The molecule has 2 aromatic carbocycles. The highest BCUT2D eigenvalue weighted by Crippen LogP contribution is 2.14. The highest BCUT2D eigenvalue weighted by atomic mass is 16.1. The quantitative estimate of drug-likeness (QED) is 0.804. The van der Waals surface area contributed by atoms with Gasteiger partial charge < -0.3 is 5.32 Å². The van der Waals surface area contributed by atoms with Gasteiger partial charge in [-0.3, -0.25) is 4.79 Å². The van der Waals surface area contributed by atoms with Gasteiger partial charge in [0.25, 0.3) is 5.91 Å². The number of anilines is 1. The summed E-state index contributed by atoms with van der Waals surface area (Å²) in [6.07, 6.45) is 4.03. The second kappa shape index (κ2) is 6.22. The van der Waals surface area contributed by atoms with Crippen molar-refractivity contribution in [1.29, 1.82) is 0 Å². The van der Waals surface area contributed by atoms with Crippen LogP contribution in [0.5, 0.6) is 0 Å². The lowest BCUT2D eigenvalue weighted by Gasteiger charge is -2.07. The van der Waals surface area contributed by atoms with Crippen LogP contribution in [0.25, 0.3) is 5.69 Å². The summed E-state index contributed by atoms with van der Waals surface area (Å²) in [6, 6.07) is 15.1. The van der Waals surface area contributed by atoms with Crippen molar-refractivity contribution < 1.29 is 4.79 Å². The molecule has 0 aliphatic carbocycles. The monoisotopic (exact) mass is 292 g/mol. The summed E-state index contributed by atoms with van der Waals surface area (Å²) in [5, 5.41) is 6.97. The smallest absolute Gasteiger partial charge is 0.255 e. The number of hydrogen-bond acceptors (Lipinski definition) is 3. The van der Waals surface area contributed by atoms with Gasteiger partial charge in [0.15, 0.2) is 0 Å². The summed E-state index contributed by atoms with van der Waals surface area (Å²) in [5.41, 5.74) is 3.47. The highest BCUT2D eigenvalue weighted by Gasteiger charge is 2.07. The molecule has 0 aliphatic heterocycles. The maximum Gasteiger partial charge on any atom is 0.255 e. The normalized spacial score (nSPS) is 10.4. The largest absolute Gasteiger partial charge is 0.322 e. The van der Waals surface area contributed by atoms with E-state index in [1.165, 1.54) is 11.9 Å². The molecule has 0 saturated heterocycles. The van der Waals surface area contributed by atoms with Crippen LogP contribution in [0.15, 0.2) is 61.2 Å². The maximum absolute atomic E-state index is 12.3. The van der Waals surface area contributed by atoms with Crippen LogP contribution in [0, 0.1) is 0 Å². The van der Waals surface area contributed by atoms with Crippen molar-refractivity contribution in [1.82, 2.24) is 14.8 Å². The Kier molecular flexibility index (Phi) is 3.96. The van der Waals surface area contributed by atoms with Crippen molar-refractivity contribution >= 4 is 11.6 Å². The topological polar surface area (TPSA) is 59.8 Å². The minimum Gasteiger partial charge on any atom is -0.322 e. The van der Waals surface area contributed by atoms with Crippen molar-refractivity contribution in [3.63, 3.8) is 0 Å². The number of carbonyl (C=O) groups excluding carboxylic acids is 1. The van der Waals surface area contributed by atoms with Crippen molar-refractivity contribution in [2.24, 2.45) is 0 Å². The molecule has 22 heavy (non-hydrogen) atoms. The van der Waals surface area contributed by atoms with Gasteiger partial charge in [0.2, 0.25) is 0 Å². The second-order valence-electron chi connectivity index (χ2n) is 4.89. The van der Waals surface area contributed by atoms with Gasteiger partial charge in [0.1, 0.15) is 12.7 Å². The molecule has 1 heterocycles. The van der Waals surface area contributed by atoms with Gasteiger partial charge in [-0.2, -0.15) is 5.10 Å². The minimum absolute atomic E-state index is 0.126. The number of nitrogens with zero attached hydrogens (tertiary/aromatic N) is 3. The SMILES string of the molecule is CCc1cccc(NC(=O)c2ccc(-n3cncn3)cc2)c1. The zero-order valence-corrected chi connectivity index (χ0v) is 12.2. The Bertz CT molecular complexity index is 764. The fourth-order valence-corrected chi connectivity index (χ4v) is 2.18. The van der Waals surface area contributed by atoms with E-state index in [1.807, 2.05) is 36.4 Å². The Morgan fingerprint density at radius 2 is 2.00 bits per heavy atom. The number of rotatable bonds is 4. The van der Waals surface area contributed by atoms with Gasteiger partial charge in [-0.25, -0.2) is 9.67 Å². The molecule has 3 aromatic rings. The van der Waals surface area contributed by atoms with Gasteiger partial charge >= 0.3 is 0 Å². The van der Waals surface area contributed by atoms with Crippen LogP contribution < -0.4 is 5.32 Å². The van der Waals surface area contributed by atoms with Gasteiger partial charge in [-0.05, 0) is 48.4 Å². The minimum atomic E-state index is -0.126. The van der Waals surface area contributed by atoms with E-state index in [0.717, 1.165) is 17.8 Å². The van der Waals surface area contributed by atoms with Crippen LogP contribution in [0.4, 0.5) is 5.69 Å². The Hall–Kier alpha value is -2.95. The third kappa shape index (κ3) is 3.03. The van der Waals surface area contributed by atoms with Gasteiger partial charge in [-0.1, -0.05) is 19.1 Å². The number of carbonyl (C=O) groups is 1. The van der Waals surface area contributed by atoms with Crippen molar-refractivity contribution in [2.45, 2.75) is 13.3 Å². The number of hydrogen-bond donors (Lipinski definition) is 1. The van der Waals surface area contributed by atoms with Gasteiger partial charge in [0, 0.05) is 11.3 Å². The molecule has 5 heteroatoms. The number of benzene rings is 2. The van der Waals surface area contributed by atoms with Crippen molar-refractivity contribution in [3.05, 3.63) is 72.3 Å². The first kappa shape index (κ1) is 14.0. The molecule has 1 N–H and O–H groups in total. The zero-order valence-electron chi connectivity index (χ0n) is 12.2. The van der Waals surface area contributed by atoms with Crippen LogP contribution in [-0.2, 0) is 6.42 Å². The Morgan fingerprint density at radius 3 is 2.68 bits per heavy atom. The molecule has 110 valence electrons. The van der Waals surface area contributed by atoms with Crippen molar-refractivity contribution in [2.75, 3.05) is 5.32 Å². The lowest BCUT2D eigenvalue weighted by Crippen LogP contribution is -2.12. The van der Waals surface area contributed by atoms with Gasteiger partial charge in [0.05, 0.1) is 5.69 Å². The van der Waals surface area contributed by atoms with Crippen LogP contribution in [0.2, 0.25) is 0 Å². The molecule has 1 aromatic heterocycles. The zero-order chi connectivity index (χ0) is 15.4. The predicted octanol–water partition coefficient (Wildman–Crippen LogP) is 3.08. The fraction of sp³-hybridized carbons (Fsp3) is 0.118. The summed E-state index contributed by atoms with van der Waals surface area (Å²) >= 11 is 0. The molecule has 5 nitrogen and oxygen atoms in total. The van der Waals surface area contributed by atoms with Crippen LogP contribution in [0.3, 0.4) is 0 Å². The summed E-state index contributed by atoms with van der Waals surface area (Å²) in [6.45, 7) is 2.09. The second-order valence-corrected chi connectivity index (χ2v) is 4.89. The number of aryl methyl sites for hydroxylation is 1. The third-order valence-corrected chi connectivity index (χ3v) is 3.41. The summed E-state index contributed by atoms with van der Waals surface area (Å²) in [5.74, 6) is -0.126. The molecule has 0 atom stereocenters. The number of nitrogens with one attached hydrogen (secondary N) is 1. The first-order valence-corrected chi connectivity index (χ1v) is 7.11. The first-order valence-electron chi connectivity index (χ1n) is 7.11. The average molecular weight is 292 g/mol. The summed E-state index contributed by atoms with van der Waals surface area (Å²) in [7, 11) is 0.